The van der Waals surface area contributed by atoms with E-state index in [1.807, 2.05) is 25.1 Å². The molecule has 2 aromatic rings. The van der Waals surface area contributed by atoms with E-state index in [2.05, 4.69) is 38.1 Å². The molecular weight excluding hydrogens is 300 g/mol. The molecule has 2 heterocycles. The number of nitrogens with zero attached hydrogens (tertiary/aromatic N) is 5. The van der Waals surface area contributed by atoms with Gasteiger partial charge in [-0.3, -0.25) is 0 Å². The third-order valence-electron chi connectivity index (χ3n) is 4.23. The highest BCUT2D eigenvalue weighted by atomic mass is 15.3. The molecule has 1 saturated heterocycles. The van der Waals surface area contributed by atoms with Crippen LogP contribution >= 0.6 is 0 Å². The van der Waals surface area contributed by atoms with E-state index < -0.39 is 0 Å². The lowest BCUT2D eigenvalue weighted by atomic mass is 10.2. The summed E-state index contributed by atoms with van der Waals surface area (Å²) in [6, 6.07) is 11.4. The maximum absolute atomic E-state index is 8.87. The van der Waals surface area contributed by atoms with Gasteiger partial charge in [0.2, 0.25) is 5.95 Å². The molecule has 1 aliphatic rings. The fraction of sp³-hybridized carbons (Fsp3) is 0.389. The van der Waals surface area contributed by atoms with Crippen LogP contribution in [0, 0.1) is 18.3 Å². The second-order valence-corrected chi connectivity index (χ2v) is 5.93. The van der Waals surface area contributed by atoms with Gasteiger partial charge in [0.15, 0.2) is 0 Å². The van der Waals surface area contributed by atoms with Crippen LogP contribution in [0.3, 0.4) is 0 Å². The largest absolute Gasteiger partial charge is 0.340 e. The Morgan fingerprint density at radius 1 is 1.12 bits per heavy atom. The zero-order valence-corrected chi connectivity index (χ0v) is 14.2. The van der Waals surface area contributed by atoms with Crippen LogP contribution in [-0.4, -0.2) is 47.6 Å². The van der Waals surface area contributed by atoms with E-state index in [0.717, 1.165) is 55.9 Å². The number of aromatic nitrogens is 2. The molecule has 0 saturated carbocycles. The summed E-state index contributed by atoms with van der Waals surface area (Å²) in [5.74, 6) is 1.56. The number of likely N-dealkylation sites (N-methyl/N-ethyl adjacent to an activating group) is 1. The zero-order chi connectivity index (χ0) is 16.9. The number of nitriles is 1. The standard InChI is InChI=1S/C18H22N6/c1-3-23-8-10-24(11-9-23)18-20-14(2)12-17(22-18)21-16-6-4-15(13-19)5-7-16/h4-7,12H,3,8-11H2,1-2H3,(H,20,21,22). The van der Waals surface area contributed by atoms with Crippen molar-refractivity contribution < 1.29 is 0 Å². The quantitative estimate of drug-likeness (QED) is 0.933. The van der Waals surface area contributed by atoms with Crippen LogP contribution in [0.4, 0.5) is 17.5 Å². The number of aryl methyl sites for hydroxylation is 1. The van der Waals surface area contributed by atoms with E-state index in [1.165, 1.54) is 0 Å². The molecule has 124 valence electrons. The molecule has 1 N–H and O–H groups in total. The highest BCUT2D eigenvalue weighted by molar-refractivity contribution is 5.58. The Kier molecular flexibility index (Phi) is 4.92. The molecule has 0 bridgehead atoms. The third kappa shape index (κ3) is 3.81. The summed E-state index contributed by atoms with van der Waals surface area (Å²) in [5, 5.41) is 12.2. The molecule has 6 nitrogen and oxygen atoms in total. The molecule has 0 atom stereocenters. The third-order valence-corrected chi connectivity index (χ3v) is 4.23. The number of benzene rings is 1. The average molecular weight is 322 g/mol. The Morgan fingerprint density at radius 3 is 2.46 bits per heavy atom. The smallest absolute Gasteiger partial charge is 0.227 e. The van der Waals surface area contributed by atoms with Crippen LogP contribution in [0.25, 0.3) is 0 Å². The van der Waals surface area contributed by atoms with Crippen molar-refractivity contribution in [3.8, 4) is 6.07 Å². The van der Waals surface area contributed by atoms with E-state index in [-0.39, 0.29) is 0 Å². The summed E-state index contributed by atoms with van der Waals surface area (Å²) < 4.78 is 0. The second-order valence-electron chi connectivity index (χ2n) is 5.93. The second kappa shape index (κ2) is 7.28. The molecule has 0 radical (unpaired) electrons. The van der Waals surface area contributed by atoms with Gasteiger partial charge in [0.05, 0.1) is 11.6 Å². The number of nitrogens with one attached hydrogen (secondary N) is 1. The number of hydrogen-bond acceptors (Lipinski definition) is 6. The molecular formula is C18H22N6. The Bertz CT molecular complexity index is 726. The Morgan fingerprint density at radius 2 is 1.83 bits per heavy atom. The molecule has 1 aromatic heterocycles. The van der Waals surface area contributed by atoms with Crippen molar-refractivity contribution in [2.45, 2.75) is 13.8 Å². The first-order valence-electron chi connectivity index (χ1n) is 8.28. The molecule has 3 rings (SSSR count). The lowest BCUT2D eigenvalue weighted by molar-refractivity contribution is 0.270. The van der Waals surface area contributed by atoms with E-state index in [0.29, 0.717) is 5.56 Å². The Hall–Kier alpha value is -2.65. The zero-order valence-electron chi connectivity index (χ0n) is 14.2. The lowest BCUT2D eigenvalue weighted by Gasteiger charge is -2.34. The van der Waals surface area contributed by atoms with E-state index in [1.54, 1.807) is 12.1 Å². The summed E-state index contributed by atoms with van der Waals surface area (Å²) in [7, 11) is 0. The van der Waals surface area contributed by atoms with Crippen molar-refractivity contribution in [2.24, 2.45) is 0 Å². The van der Waals surface area contributed by atoms with Gasteiger partial charge in [-0.2, -0.15) is 10.2 Å². The molecule has 0 spiro atoms. The summed E-state index contributed by atoms with van der Waals surface area (Å²) >= 11 is 0. The molecule has 0 unspecified atom stereocenters. The molecule has 6 heteroatoms. The van der Waals surface area contributed by atoms with Crippen LogP contribution in [0.2, 0.25) is 0 Å². The van der Waals surface area contributed by atoms with Gasteiger partial charge in [-0.05, 0) is 37.7 Å². The van der Waals surface area contributed by atoms with Crippen molar-refractivity contribution in [3.63, 3.8) is 0 Å². The maximum Gasteiger partial charge on any atom is 0.227 e. The minimum absolute atomic E-state index is 0.647. The summed E-state index contributed by atoms with van der Waals surface area (Å²) in [6.07, 6.45) is 0. The number of hydrogen-bond donors (Lipinski definition) is 1. The van der Waals surface area contributed by atoms with Crippen LogP contribution in [-0.2, 0) is 0 Å². The first kappa shape index (κ1) is 16.2. The van der Waals surface area contributed by atoms with Crippen LogP contribution in [0.1, 0.15) is 18.2 Å². The van der Waals surface area contributed by atoms with Crippen molar-refractivity contribution in [3.05, 3.63) is 41.6 Å². The Labute approximate surface area is 142 Å². The molecule has 1 aliphatic heterocycles. The van der Waals surface area contributed by atoms with Crippen molar-refractivity contribution in [1.29, 1.82) is 5.26 Å². The highest BCUT2D eigenvalue weighted by Gasteiger charge is 2.18. The van der Waals surface area contributed by atoms with Gasteiger partial charge < -0.3 is 15.1 Å². The minimum atomic E-state index is 0.647. The summed E-state index contributed by atoms with van der Waals surface area (Å²) in [6.45, 7) is 9.27. The average Bonchev–Trinajstić information content (AvgIpc) is 2.62. The minimum Gasteiger partial charge on any atom is -0.340 e. The lowest BCUT2D eigenvalue weighted by Crippen LogP contribution is -2.46. The van der Waals surface area contributed by atoms with Gasteiger partial charge in [-0.25, -0.2) is 4.98 Å². The van der Waals surface area contributed by atoms with Crippen LogP contribution in [0.15, 0.2) is 30.3 Å². The molecule has 24 heavy (non-hydrogen) atoms. The van der Waals surface area contributed by atoms with Gasteiger partial charge in [-0.1, -0.05) is 6.92 Å². The van der Waals surface area contributed by atoms with Crippen molar-refractivity contribution in [1.82, 2.24) is 14.9 Å². The van der Waals surface area contributed by atoms with Crippen LogP contribution < -0.4 is 10.2 Å². The topological polar surface area (TPSA) is 68.1 Å². The molecule has 1 fully saturated rings. The van der Waals surface area contributed by atoms with Gasteiger partial charge in [0.25, 0.3) is 0 Å². The van der Waals surface area contributed by atoms with E-state index in [4.69, 9.17) is 5.26 Å². The summed E-state index contributed by atoms with van der Waals surface area (Å²) in [5.41, 5.74) is 2.50. The van der Waals surface area contributed by atoms with Crippen LogP contribution in [0.5, 0.6) is 0 Å². The molecule has 0 amide bonds. The molecule has 0 aliphatic carbocycles. The van der Waals surface area contributed by atoms with Gasteiger partial charge >= 0.3 is 0 Å². The first-order chi connectivity index (χ1) is 11.7. The van der Waals surface area contributed by atoms with Gasteiger partial charge in [0, 0.05) is 43.6 Å². The number of rotatable bonds is 4. The first-order valence-corrected chi connectivity index (χ1v) is 8.28. The van der Waals surface area contributed by atoms with Gasteiger partial charge in [-0.15, -0.1) is 0 Å². The van der Waals surface area contributed by atoms with Crippen molar-refractivity contribution in [2.75, 3.05) is 42.9 Å². The summed E-state index contributed by atoms with van der Waals surface area (Å²) in [4.78, 5) is 13.9. The number of anilines is 3. The maximum atomic E-state index is 8.87. The monoisotopic (exact) mass is 322 g/mol. The highest BCUT2D eigenvalue weighted by Crippen LogP contribution is 2.19. The molecule has 1 aromatic carbocycles. The van der Waals surface area contributed by atoms with Gasteiger partial charge in [0.1, 0.15) is 5.82 Å². The van der Waals surface area contributed by atoms with E-state index >= 15 is 0 Å². The fourth-order valence-corrected chi connectivity index (χ4v) is 2.80. The predicted molar refractivity (Wildman–Crippen MR) is 95.5 cm³/mol. The number of piperazine rings is 1. The van der Waals surface area contributed by atoms with E-state index in [9.17, 15) is 0 Å². The fourth-order valence-electron chi connectivity index (χ4n) is 2.80. The Balaban J connectivity index is 1.75. The predicted octanol–water partition coefficient (Wildman–Crippen LogP) is 2.54. The SMILES string of the molecule is CCN1CCN(c2nc(C)cc(Nc3ccc(C#N)cc3)n2)CC1. The normalized spacial score (nSPS) is 15.1. The van der Waals surface area contributed by atoms with Crippen molar-refractivity contribution >= 4 is 17.5 Å².